The minimum absolute atomic E-state index is 0.289. The maximum Gasteiger partial charge on any atom is 0.127 e. The van der Waals surface area contributed by atoms with E-state index >= 15 is 0 Å². The first-order valence-corrected chi connectivity index (χ1v) is 6.61. The summed E-state index contributed by atoms with van der Waals surface area (Å²) < 4.78 is 29.0. The number of methoxy groups -OCH3 is 1. The molecule has 0 bridgehead atoms. The van der Waals surface area contributed by atoms with Crippen molar-refractivity contribution in [3.05, 3.63) is 53.8 Å². The van der Waals surface area contributed by atoms with Crippen LogP contribution in [0.4, 0.5) is 4.39 Å². The number of hydrogen-bond donors (Lipinski definition) is 1. The molecular weight excluding hydrogens is 273 g/mol. The SMILES string of the molecule is COc1ccc(CN)c(OCCOc2ccc(F)cc2)c1. The Morgan fingerprint density at radius 2 is 1.62 bits per heavy atom. The topological polar surface area (TPSA) is 53.7 Å². The van der Waals surface area contributed by atoms with Crippen LogP contribution >= 0.6 is 0 Å². The Balaban J connectivity index is 1.86. The zero-order valence-electron chi connectivity index (χ0n) is 11.8. The molecule has 0 amide bonds. The number of rotatable bonds is 7. The fraction of sp³-hybridized carbons (Fsp3) is 0.250. The summed E-state index contributed by atoms with van der Waals surface area (Å²) in [5, 5.41) is 0. The van der Waals surface area contributed by atoms with E-state index in [1.54, 1.807) is 25.3 Å². The van der Waals surface area contributed by atoms with Gasteiger partial charge in [0.25, 0.3) is 0 Å². The number of benzene rings is 2. The predicted molar refractivity (Wildman–Crippen MR) is 78.3 cm³/mol. The van der Waals surface area contributed by atoms with Crippen LogP contribution in [0.5, 0.6) is 17.2 Å². The molecule has 0 saturated heterocycles. The zero-order valence-corrected chi connectivity index (χ0v) is 11.8. The largest absolute Gasteiger partial charge is 0.497 e. The molecule has 21 heavy (non-hydrogen) atoms. The minimum Gasteiger partial charge on any atom is -0.497 e. The summed E-state index contributed by atoms with van der Waals surface area (Å²) in [6.07, 6.45) is 0. The highest BCUT2D eigenvalue weighted by atomic mass is 19.1. The molecule has 2 N–H and O–H groups in total. The maximum absolute atomic E-state index is 12.7. The van der Waals surface area contributed by atoms with E-state index < -0.39 is 0 Å². The molecule has 2 aromatic rings. The molecule has 0 radical (unpaired) electrons. The van der Waals surface area contributed by atoms with E-state index in [0.717, 1.165) is 5.56 Å². The van der Waals surface area contributed by atoms with Crippen LogP contribution in [0.25, 0.3) is 0 Å². The second-order valence-corrected chi connectivity index (χ2v) is 4.33. The Morgan fingerprint density at radius 3 is 2.29 bits per heavy atom. The van der Waals surface area contributed by atoms with Crippen LogP contribution in [0, 0.1) is 5.82 Å². The highest BCUT2D eigenvalue weighted by Gasteiger charge is 2.04. The van der Waals surface area contributed by atoms with E-state index in [0.29, 0.717) is 37.0 Å². The Kier molecular flexibility index (Phi) is 5.40. The molecule has 0 fully saturated rings. The molecule has 0 spiro atoms. The van der Waals surface area contributed by atoms with Gasteiger partial charge in [0.1, 0.15) is 36.3 Å². The molecule has 0 aliphatic carbocycles. The summed E-state index contributed by atoms with van der Waals surface area (Å²) in [6, 6.07) is 11.4. The lowest BCUT2D eigenvalue weighted by Gasteiger charge is -2.12. The average molecular weight is 291 g/mol. The first kappa shape index (κ1) is 15.1. The lowest BCUT2D eigenvalue weighted by Crippen LogP contribution is -2.11. The summed E-state index contributed by atoms with van der Waals surface area (Å²) in [6.45, 7) is 1.10. The normalized spacial score (nSPS) is 10.2. The van der Waals surface area contributed by atoms with E-state index in [2.05, 4.69) is 0 Å². The van der Waals surface area contributed by atoms with Gasteiger partial charge in [0.15, 0.2) is 0 Å². The molecule has 0 heterocycles. The molecule has 2 aromatic carbocycles. The van der Waals surface area contributed by atoms with Crippen LogP contribution in [-0.2, 0) is 6.54 Å². The van der Waals surface area contributed by atoms with Gasteiger partial charge in [-0.3, -0.25) is 0 Å². The summed E-state index contributed by atoms with van der Waals surface area (Å²) in [5.74, 6) is 1.70. The minimum atomic E-state index is -0.289. The summed E-state index contributed by atoms with van der Waals surface area (Å²) >= 11 is 0. The lowest BCUT2D eigenvalue weighted by atomic mass is 10.2. The van der Waals surface area contributed by atoms with Crippen LogP contribution in [0.15, 0.2) is 42.5 Å². The Hall–Kier alpha value is -2.27. The van der Waals surface area contributed by atoms with Crippen molar-refractivity contribution in [3.8, 4) is 17.2 Å². The van der Waals surface area contributed by atoms with Crippen molar-refractivity contribution < 1.29 is 18.6 Å². The molecule has 0 atom stereocenters. The molecule has 0 aliphatic heterocycles. The molecule has 2 rings (SSSR count). The van der Waals surface area contributed by atoms with Gasteiger partial charge in [-0.05, 0) is 30.3 Å². The third-order valence-corrected chi connectivity index (χ3v) is 2.92. The second kappa shape index (κ2) is 7.50. The number of ether oxygens (including phenoxy) is 3. The van der Waals surface area contributed by atoms with E-state index in [1.807, 2.05) is 12.1 Å². The quantitative estimate of drug-likeness (QED) is 0.797. The average Bonchev–Trinajstić information content (AvgIpc) is 2.53. The van der Waals surface area contributed by atoms with E-state index in [1.165, 1.54) is 12.1 Å². The van der Waals surface area contributed by atoms with E-state index in [9.17, 15) is 4.39 Å². The molecule has 4 nitrogen and oxygen atoms in total. The Labute approximate surface area is 123 Å². The standard InChI is InChI=1S/C16H18FNO3/c1-19-15-5-2-12(11-18)16(10-15)21-9-8-20-14-6-3-13(17)4-7-14/h2-7,10H,8-9,11,18H2,1H3. The summed E-state index contributed by atoms with van der Waals surface area (Å²) in [7, 11) is 1.60. The summed E-state index contributed by atoms with van der Waals surface area (Å²) in [5.41, 5.74) is 6.56. The van der Waals surface area contributed by atoms with Gasteiger partial charge in [-0.15, -0.1) is 0 Å². The molecule has 5 heteroatoms. The molecule has 0 aliphatic rings. The van der Waals surface area contributed by atoms with Gasteiger partial charge in [-0.2, -0.15) is 0 Å². The molecule has 0 aromatic heterocycles. The maximum atomic E-state index is 12.7. The van der Waals surface area contributed by atoms with Crippen LogP contribution in [-0.4, -0.2) is 20.3 Å². The first-order chi connectivity index (χ1) is 10.2. The van der Waals surface area contributed by atoms with Crippen molar-refractivity contribution >= 4 is 0 Å². The van der Waals surface area contributed by atoms with E-state index in [4.69, 9.17) is 19.9 Å². The number of hydrogen-bond acceptors (Lipinski definition) is 4. The molecule has 0 saturated carbocycles. The molecular formula is C16H18FNO3. The van der Waals surface area contributed by atoms with Gasteiger partial charge >= 0.3 is 0 Å². The predicted octanol–water partition coefficient (Wildman–Crippen LogP) is 2.75. The van der Waals surface area contributed by atoms with Gasteiger partial charge in [0.05, 0.1) is 7.11 Å². The van der Waals surface area contributed by atoms with Gasteiger partial charge < -0.3 is 19.9 Å². The first-order valence-electron chi connectivity index (χ1n) is 6.61. The van der Waals surface area contributed by atoms with Gasteiger partial charge in [-0.25, -0.2) is 4.39 Å². The number of nitrogens with two attached hydrogens (primary N) is 1. The third kappa shape index (κ3) is 4.36. The van der Waals surface area contributed by atoms with Crippen LogP contribution in [0.2, 0.25) is 0 Å². The lowest BCUT2D eigenvalue weighted by molar-refractivity contribution is 0.215. The monoisotopic (exact) mass is 291 g/mol. The Bertz CT molecular complexity index is 572. The fourth-order valence-electron chi connectivity index (χ4n) is 1.81. The Morgan fingerprint density at radius 1 is 0.952 bits per heavy atom. The summed E-state index contributed by atoms with van der Waals surface area (Å²) in [4.78, 5) is 0. The van der Waals surface area contributed by atoms with Crippen LogP contribution < -0.4 is 19.9 Å². The third-order valence-electron chi connectivity index (χ3n) is 2.92. The van der Waals surface area contributed by atoms with Crippen molar-refractivity contribution in [2.45, 2.75) is 6.54 Å². The van der Waals surface area contributed by atoms with Crippen molar-refractivity contribution in [1.82, 2.24) is 0 Å². The molecule has 0 unspecified atom stereocenters. The fourth-order valence-corrected chi connectivity index (χ4v) is 1.81. The van der Waals surface area contributed by atoms with Crippen molar-refractivity contribution in [2.24, 2.45) is 5.73 Å². The van der Waals surface area contributed by atoms with Crippen LogP contribution in [0.1, 0.15) is 5.56 Å². The van der Waals surface area contributed by atoms with Crippen molar-refractivity contribution in [2.75, 3.05) is 20.3 Å². The van der Waals surface area contributed by atoms with Gasteiger partial charge in [-0.1, -0.05) is 6.07 Å². The zero-order chi connectivity index (χ0) is 15.1. The van der Waals surface area contributed by atoms with Gasteiger partial charge in [0.2, 0.25) is 0 Å². The smallest absolute Gasteiger partial charge is 0.127 e. The van der Waals surface area contributed by atoms with Crippen molar-refractivity contribution in [3.63, 3.8) is 0 Å². The highest BCUT2D eigenvalue weighted by Crippen LogP contribution is 2.24. The highest BCUT2D eigenvalue weighted by molar-refractivity contribution is 5.40. The molecule has 112 valence electrons. The van der Waals surface area contributed by atoms with E-state index in [-0.39, 0.29) is 5.82 Å². The second-order valence-electron chi connectivity index (χ2n) is 4.33. The van der Waals surface area contributed by atoms with Gasteiger partial charge in [0, 0.05) is 18.2 Å². The number of halogens is 1. The van der Waals surface area contributed by atoms with Crippen LogP contribution in [0.3, 0.4) is 0 Å². The van der Waals surface area contributed by atoms with Crippen molar-refractivity contribution in [1.29, 1.82) is 0 Å².